The summed E-state index contributed by atoms with van der Waals surface area (Å²) in [6.07, 6.45) is 1.99. The molecule has 4 nitrogen and oxygen atoms in total. The van der Waals surface area contributed by atoms with E-state index in [9.17, 15) is 4.79 Å². The minimum atomic E-state index is -1.01. The van der Waals surface area contributed by atoms with E-state index in [0.29, 0.717) is 6.61 Å². The smallest absolute Gasteiger partial charge is 0.322 e. The van der Waals surface area contributed by atoms with Gasteiger partial charge in [0.05, 0.1) is 6.61 Å². The number of hydrogen-bond donors (Lipinski definition) is 2. The molecule has 0 aliphatic carbocycles. The molecule has 0 fully saturated rings. The second-order valence-electron chi connectivity index (χ2n) is 2.37. The van der Waals surface area contributed by atoms with Gasteiger partial charge in [0, 0.05) is 6.61 Å². The number of carbonyl (C=O) groups is 1. The van der Waals surface area contributed by atoms with Gasteiger partial charge in [-0.1, -0.05) is 13.3 Å². The molecule has 0 unspecified atom stereocenters. The molecule has 0 aliphatic heterocycles. The largest absolute Gasteiger partial charge is 0.480 e. The molecule has 0 aromatic carbocycles. The first-order chi connectivity index (χ1) is 5.18. The third kappa shape index (κ3) is 7.78. The standard InChI is InChI=1S/C7H15NO3.ClH/c1-2-3-4-11-5-6(8)7(9)10;/h6H,2-5,8H2,1H3,(H,9,10);1H/t6-;/m0./s1. The summed E-state index contributed by atoms with van der Waals surface area (Å²) in [5, 5.41) is 8.33. The predicted molar refractivity (Wildman–Crippen MR) is 48.6 cm³/mol. The van der Waals surface area contributed by atoms with Crippen molar-refractivity contribution in [2.45, 2.75) is 25.8 Å². The van der Waals surface area contributed by atoms with Crippen molar-refractivity contribution >= 4 is 18.4 Å². The summed E-state index contributed by atoms with van der Waals surface area (Å²) in [6, 6.07) is -0.883. The molecule has 74 valence electrons. The fourth-order valence-corrected chi connectivity index (χ4v) is 0.528. The van der Waals surface area contributed by atoms with Gasteiger partial charge in [0.15, 0.2) is 0 Å². The van der Waals surface area contributed by atoms with E-state index < -0.39 is 12.0 Å². The van der Waals surface area contributed by atoms with Crippen molar-refractivity contribution in [3.05, 3.63) is 0 Å². The lowest BCUT2D eigenvalue weighted by Gasteiger charge is -2.06. The van der Waals surface area contributed by atoms with Gasteiger partial charge in [0.25, 0.3) is 0 Å². The maximum atomic E-state index is 10.2. The Balaban J connectivity index is 0. The highest BCUT2D eigenvalue weighted by atomic mass is 35.5. The third-order valence-electron chi connectivity index (χ3n) is 1.26. The highest BCUT2D eigenvalue weighted by molar-refractivity contribution is 5.85. The maximum Gasteiger partial charge on any atom is 0.322 e. The van der Waals surface area contributed by atoms with E-state index in [-0.39, 0.29) is 19.0 Å². The Morgan fingerprint density at radius 1 is 1.67 bits per heavy atom. The Morgan fingerprint density at radius 2 is 2.25 bits per heavy atom. The number of carboxylic acids is 1. The Bertz CT molecular complexity index is 121. The first-order valence-electron chi connectivity index (χ1n) is 3.74. The zero-order valence-electron chi connectivity index (χ0n) is 7.16. The average molecular weight is 198 g/mol. The van der Waals surface area contributed by atoms with Crippen molar-refractivity contribution in [1.82, 2.24) is 0 Å². The molecule has 0 bridgehead atoms. The second-order valence-corrected chi connectivity index (χ2v) is 2.37. The fourth-order valence-electron chi connectivity index (χ4n) is 0.528. The maximum absolute atomic E-state index is 10.2. The number of unbranched alkanes of at least 4 members (excludes halogenated alkanes) is 1. The fraction of sp³-hybridized carbons (Fsp3) is 0.857. The lowest BCUT2D eigenvalue weighted by atomic mass is 10.3. The number of rotatable bonds is 6. The van der Waals surface area contributed by atoms with Gasteiger partial charge < -0.3 is 15.6 Å². The molecular weight excluding hydrogens is 182 g/mol. The molecule has 0 rings (SSSR count). The number of aliphatic carboxylic acids is 1. The normalized spacial score (nSPS) is 11.8. The van der Waals surface area contributed by atoms with Gasteiger partial charge in [-0.25, -0.2) is 0 Å². The van der Waals surface area contributed by atoms with Gasteiger partial charge in [-0.3, -0.25) is 4.79 Å². The van der Waals surface area contributed by atoms with Crippen LogP contribution in [0.25, 0.3) is 0 Å². The van der Waals surface area contributed by atoms with Crippen molar-refractivity contribution in [3.8, 4) is 0 Å². The minimum Gasteiger partial charge on any atom is -0.480 e. The zero-order valence-corrected chi connectivity index (χ0v) is 7.97. The summed E-state index contributed by atoms with van der Waals surface area (Å²) in [5.41, 5.74) is 5.17. The predicted octanol–water partition coefficient (Wildman–Crippen LogP) is 0.637. The Kier molecular flexibility index (Phi) is 10.4. The van der Waals surface area contributed by atoms with E-state index in [2.05, 4.69) is 0 Å². The van der Waals surface area contributed by atoms with Crippen molar-refractivity contribution < 1.29 is 14.6 Å². The van der Waals surface area contributed by atoms with E-state index in [1.54, 1.807) is 0 Å². The summed E-state index contributed by atoms with van der Waals surface area (Å²) in [7, 11) is 0. The summed E-state index contributed by atoms with van der Waals surface area (Å²) in [6.45, 7) is 2.74. The third-order valence-corrected chi connectivity index (χ3v) is 1.26. The molecule has 0 spiro atoms. The number of halogens is 1. The number of hydrogen-bond acceptors (Lipinski definition) is 3. The number of ether oxygens (including phenoxy) is 1. The van der Waals surface area contributed by atoms with Crippen LogP contribution in [0.5, 0.6) is 0 Å². The SMILES string of the molecule is CCCCOC[C@H](N)C(=O)O.Cl. The Morgan fingerprint density at radius 3 is 2.67 bits per heavy atom. The molecule has 0 aromatic heterocycles. The quantitative estimate of drug-likeness (QED) is 0.613. The van der Waals surface area contributed by atoms with Crippen molar-refractivity contribution in [1.29, 1.82) is 0 Å². The molecule has 0 heterocycles. The number of carboxylic acid groups (broad SMARTS) is 1. The Labute approximate surface area is 78.5 Å². The molecule has 0 amide bonds. The van der Waals surface area contributed by atoms with E-state index in [4.69, 9.17) is 15.6 Å². The van der Waals surface area contributed by atoms with Crippen molar-refractivity contribution in [3.63, 3.8) is 0 Å². The molecule has 0 radical (unpaired) electrons. The molecule has 0 aliphatic rings. The van der Waals surface area contributed by atoms with Crippen LogP contribution in [-0.2, 0) is 9.53 Å². The average Bonchev–Trinajstić information content (AvgIpc) is 1.97. The van der Waals surface area contributed by atoms with Gasteiger partial charge in [-0.2, -0.15) is 0 Å². The van der Waals surface area contributed by atoms with Crippen LogP contribution in [0.4, 0.5) is 0 Å². The molecule has 0 saturated heterocycles. The van der Waals surface area contributed by atoms with Gasteiger partial charge in [0.2, 0.25) is 0 Å². The zero-order chi connectivity index (χ0) is 8.69. The molecular formula is C7H16ClNO3. The topological polar surface area (TPSA) is 72.5 Å². The first kappa shape index (κ1) is 14.2. The van der Waals surface area contributed by atoms with Crippen LogP contribution in [0, 0.1) is 0 Å². The van der Waals surface area contributed by atoms with E-state index >= 15 is 0 Å². The van der Waals surface area contributed by atoms with Crippen molar-refractivity contribution in [2.24, 2.45) is 5.73 Å². The van der Waals surface area contributed by atoms with Crippen LogP contribution in [0.3, 0.4) is 0 Å². The van der Waals surface area contributed by atoms with Crippen LogP contribution < -0.4 is 5.73 Å². The molecule has 0 saturated carbocycles. The second kappa shape index (κ2) is 8.77. The van der Waals surface area contributed by atoms with Gasteiger partial charge in [0.1, 0.15) is 6.04 Å². The highest BCUT2D eigenvalue weighted by Gasteiger charge is 2.10. The summed E-state index contributed by atoms with van der Waals surface area (Å²) in [5.74, 6) is -1.01. The minimum absolute atomic E-state index is 0. The summed E-state index contributed by atoms with van der Waals surface area (Å²) in [4.78, 5) is 10.2. The van der Waals surface area contributed by atoms with Crippen molar-refractivity contribution in [2.75, 3.05) is 13.2 Å². The highest BCUT2D eigenvalue weighted by Crippen LogP contribution is 1.89. The monoisotopic (exact) mass is 197 g/mol. The van der Waals surface area contributed by atoms with E-state index in [0.717, 1.165) is 12.8 Å². The van der Waals surface area contributed by atoms with Crippen LogP contribution >= 0.6 is 12.4 Å². The van der Waals surface area contributed by atoms with Gasteiger partial charge in [-0.05, 0) is 6.42 Å². The van der Waals surface area contributed by atoms with Crippen LogP contribution in [0.15, 0.2) is 0 Å². The molecule has 5 heteroatoms. The lowest BCUT2D eigenvalue weighted by molar-refractivity contribution is -0.140. The first-order valence-corrected chi connectivity index (χ1v) is 3.74. The number of nitrogens with two attached hydrogens (primary N) is 1. The Hall–Kier alpha value is -0.320. The summed E-state index contributed by atoms with van der Waals surface area (Å²) >= 11 is 0. The van der Waals surface area contributed by atoms with E-state index in [1.807, 2.05) is 6.92 Å². The molecule has 3 N–H and O–H groups in total. The van der Waals surface area contributed by atoms with E-state index in [1.165, 1.54) is 0 Å². The molecule has 12 heavy (non-hydrogen) atoms. The van der Waals surface area contributed by atoms with Crippen LogP contribution in [0.1, 0.15) is 19.8 Å². The van der Waals surface area contributed by atoms with Crippen LogP contribution in [-0.4, -0.2) is 30.3 Å². The van der Waals surface area contributed by atoms with Gasteiger partial charge in [-0.15, -0.1) is 12.4 Å². The van der Waals surface area contributed by atoms with Gasteiger partial charge >= 0.3 is 5.97 Å². The van der Waals surface area contributed by atoms with Crippen LogP contribution in [0.2, 0.25) is 0 Å². The summed E-state index contributed by atoms with van der Waals surface area (Å²) < 4.78 is 4.99. The lowest BCUT2D eigenvalue weighted by Crippen LogP contribution is -2.34. The molecule has 0 aromatic rings. The molecule has 1 atom stereocenters.